The highest BCUT2D eigenvalue weighted by atomic mass is 32.2. The van der Waals surface area contributed by atoms with Crippen LogP contribution in [-0.2, 0) is 11.2 Å². The predicted molar refractivity (Wildman–Crippen MR) is 129 cm³/mol. The van der Waals surface area contributed by atoms with Crippen molar-refractivity contribution in [2.75, 3.05) is 11.1 Å². The average molecular weight is 494 g/mol. The summed E-state index contributed by atoms with van der Waals surface area (Å²) in [6.07, 6.45) is 0.135. The molecular formula is C22H19N7O5S. The van der Waals surface area contributed by atoms with Gasteiger partial charge in [-0.05, 0) is 36.8 Å². The van der Waals surface area contributed by atoms with Gasteiger partial charge in [0.05, 0.1) is 10.7 Å². The zero-order chi connectivity index (χ0) is 24.9. The summed E-state index contributed by atoms with van der Waals surface area (Å²) in [7, 11) is 0. The summed E-state index contributed by atoms with van der Waals surface area (Å²) < 4.78 is 1.76. The Hall–Kier alpha value is -4.52. The van der Waals surface area contributed by atoms with Gasteiger partial charge in [0.2, 0.25) is 5.91 Å². The second-order valence-corrected chi connectivity index (χ2v) is 8.45. The maximum Gasteiger partial charge on any atom is 0.325 e. The lowest BCUT2D eigenvalue weighted by Crippen LogP contribution is -2.23. The van der Waals surface area contributed by atoms with Crippen LogP contribution in [-0.4, -0.2) is 41.3 Å². The Morgan fingerprint density at radius 3 is 2.57 bits per heavy atom. The summed E-state index contributed by atoms with van der Waals surface area (Å²) in [5.41, 5.74) is 1.34. The molecule has 4 rings (SSSR count). The smallest absolute Gasteiger partial charge is 0.325 e. The second-order valence-electron chi connectivity index (χ2n) is 7.50. The minimum Gasteiger partial charge on any atom is -0.325 e. The van der Waals surface area contributed by atoms with E-state index >= 15 is 0 Å². The number of thioether (sulfide) groups is 1. The number of nitro groups is 1. The first-order valence-electron chi connectivity index (χ1n) is 10.3. The van der Waals surface area contributed by atoms with E-state index < -0.39 is 16.2 Å². The Kier molecular flexibility index (Phi) is 6.87. The summed E-state index contributed by atoms with van der Waals surface area (Å²) in [4.78, 5) is 50.8. The molecule has 178 valence electrons. The molecule has 13 heteroatoms. The summed E-state index contributed by atoms with van der Waals surface area (Å²) in [6, 6.07) is 14.4. The lowest BCUT2D eigenvalue weighted by molar-refractivity contribution is -0.384. The Morgan fingerprint density at radius 1 is 1.11 bits per heavy atom. The number of carbonyl (C=O) groups excluding carboxylic acids is 1. The van der Waals surface area contributed by atoms with Crippen LogP contribution in [0, 0.1) is 17.0 Å². The molecule has 2 aromatic heterocycles. The van der Waals surface area contributed by atoms with Gasteiger partial charge < -0.3 is 10.3 Å². The molecule has 0 aliphatic heterocycles. The van der Waals surface area contributed by atoms with E-state index in [-0.39, 0.29) is 23.8 Å². The van der Waals surface area contributed by atoms with Gasteiger partial charge in [-0.3, -0.25) is 29.3 Å². The molecule has 0 aliphatic rings. The molecule has 2 aromatic carbocycles. The van der Waals surface area contributed by atoms with Crippen LogP contribution in [0.1, 0.15) is 17.1 Å². The van der Waals surface area contributed by atoms with Gasteiger partial charge in [0, 0.05) is 41.7 Å². The average Bonchev–Trinajstić information content (AvgIpc) is 3.19. The summed E-state index contributed by atoms with van der Waals surface area (Å²) >= 11 is 1.15. The van der Waals surface area contributed by atoms with Gasteiger partial charge in [-0.15, -0.1) is 10.2 Å². The molecule has 4 aromatic rings. The number of non-ortho nitro benzene ring substituents is 1. The number of rotatable bonds is 8. The van der Waals surface area contributed by atoms with Crippen LogP contribution < -0.4 is 16.6 Å². The third kappa shape index (κ3) is 5.89. The molecule has 1 amide bonds. The number of carbonyl (C=O) groups is 1. The normalized spacial score (nSPS) is 10.8. The van der Waals surface area contributed by atoms with Crippen molar-refractivity contribution in [3.05, 3.63) is 103 Å². The van der Waals surface area contributed by atoms with E-state index in [1.165, 1.54) is 30.3 Å². The van der Waals surface area contributed by atoms with E-state index in [4.69, 9.17) is 0 Å². The molecule has 3 N–H and O–H groups in total. The number of aryl methyl sites for hydroxylation is 1. The first kappa shape index (κ1) is 23.6. The number of hydrogen-bond acceptors (Lipinski definition) is 8. The first-order chi connectivity index (χ1) is 16.8. The molecule has 12 nitrogen and oxygen atoms in total. The maximum atomic E-state index is 12.5. The van der Waals surface area contributed by atoms with E-state index in [0.717, 1.165) is 23.0 Å². The highest BCUT2D eigenvalue weighted by molar-refractivity contribution is 7.99. The van der Waals surface area contributed by atoms with E-state index in [0.29, 0.717) is 22.4 Å². The monoisotopic (exact) mass is 493 g/mol. The molecule has 0 atom stereocenters. The number of amides is 1. The van der Waals surface area contributed by atoms with Crippen molar-refractivity contribution in [3.8, 4) is 5.69 Å². The van der Waals surface area contributed by atoms with E-state index in [1.54, 1.807) is 4.57 Å². The minimum absolute atomic E-state index is 0.00275. The first-order valence-corrected chi connectivity index (χ1v) is 11.3. The van der Waals surface area contributed by atoms with Crippen LogP contribution in [0.5, 0.6) is 0 Å². The van der Waals surface area contributed by atoms with Gasteiger partial charge in [-0.1, -0.05) is 23.9 Å². The highest BCUT2D eigenvalue weighted by Crippen LogP contribution is 2.24. The van der Waals surface area contributed by atoms with Gasteiger partial charge in [-0.2, -0.15) is 0 Å². The number of hydrogen-bond donors (Lipinski definition) is 3. The summed E-state index contributed by atoms with van der Waals surface area (Å²) in [5.74, 6) is 0.140. The Morgan fingerprint density at radius 2 is 1.89 bits per heavy atom. The van der Waals surface area contributed by atoms with Crippen LogP contribution in [0.3, 0.4) is 0 Å². The highest BCUT2D eigenvalue weighted by Gasteiger charge is 2.17. The maximum absolute atomic E-state index is 12.5. The Balaban J connectivity index is 1.56. The Labute approximate surface area is 201 Å². The number of aromatic amines is 2. The quantitative estimate of drug-likeness (QED) is 0.191. The van der Waals surface area contributed by atoms with Crippen LogP contribution >= 0.6 is 11.8 Å². The van der Waals surface area contributed by atoms with Crippen molar-refractivity contribution in [2.24, 2.45) is 0 Å². The fourth-order valence-corrected chi connectivity index (χ4v) is 4.08. The molecule has 0 saturated heterocycles. The zero-order valence-electron chi connectivity index (χ0n) is 18.3. The minimum atomic E-state index is -0.619. The van der Waals surface area contributed by atoms with Gasteiger partial charge in [0.1, 0.15) is 5.82 Å². The van der Waals surface area contributed by atoms with E-state index in [9.17, 15) is 24.5 Å². The second kappa shape index (κ2) is 10.2. The summed E-state index contributed by atoms with van der Waals surface area (Å²) in [6.45, 7) is 1.94. The SMILES string of the molecule is Cc1cccc(-n2c(Cc3cc(=O)[nH]c(=O)[nH]3)nnc2SCC(=O)Nc2ccc([N+](=O)[O-])cc2)c1. The van der Waals surface area contributed by atoms with Crippen LogP contribution in [0.25, 0.3) is 5.69 Å². The number of nitrogens with one attached hydrogen (secondary N) is 3. The van der Waals surface area contributed by atoms with Crippen molar-refractivity contribution in [3.63, 3.8) is 0 Å². The molecule has 2 heterocycles. The number of benzene rings is 2. The number of anilines is 1. The zero-order valence-corrected chi connectivity index (χ0v) is 19.2. The number of nitro benzene ring substituents is 1. The predicted octanol–water partition coefficient (Wildman–Crippen LogP) is 2.18. The van der Waals surface area contributed by atoms with Gasteiger partial charge in [0.15, 0.2) is 5.16 Å². The van der Waals surface area contributed by atoms with Crippen LogP contribution in [0.2, 0.25) is 0 Å². The number of nitrogens with zero attached hydrogens (tertiary/aromatic N) is 4. The van der Waals surface area contributed by atoms with Crippen molar-refractivity contribution < 1.29 is 9.72 Å². The van der Waals surface area contributed by atoms with E-state index in [2.05, 4.69) is 25.5 Å². The molecule has 0 radical (unpaired) electrons. The fourth-order valence-electron chi connectivity index (χ4n) is 3.31. The lowest BCUT2D eigenvalue weighted by Gasteiger charge is -2.11. The van der Waals surface area contributed by atoms with E-state index in [1.807, 2.05) is 31.2 Å². The van der Waals surface area contributed by atoms with Crippen molar-refractivity contribution >= 4 is 29.0 Å². The van der Waals surface area contributed by atoms with Gasteiger partial charge in [-0.25, -0.2) is 4.79 Å². The number of H-pyrrole nitrogens is 2. The molecule has 0 fully saturated rings. The molecule has 0 unspecified atom stereocenters. The van der Waals surface area contributed by atoms with Crippen molar-refractivity contribution in [2.45, 2.75) is 18.5 Å². The standard InChI is InChI=1S/C22H19N7O5S/c1-13-3-2-4-17(9-13)28-18(10-15-11-19(30)25-21(32)24-15)26-27-22(28)35-12-20(31)23-14-5-7-16(8-6-14)29(33)34/h2-9,11H,10,12H2,1H3,(H,23,31)(H2,24,25,30,32). The molecular weight excluding hydrogens is 474 g/mol. The molecule has 0 aliphatic carbocycles. The molecule has 0 bridgehead atoms. The van der Waals surface area contributed by atoms with Gasteiger partial charge in [0.25, 0.3) is 11.2 Å². The summed E-state index contributed by atoms with van der Waals surface area (Å²) in [5, 5.41) is 22.4. The topological polar surface area (TPSA) is 169 Å². The largest absolute Gasteiger partial charge is 0.325 e. The Bertz CT molecular complexity index is 1480. The van der Waals surface area contributed by atoms with Gasteiger partial charge >= 0.3 is 5.69 Å². The molecule has 0 spiro atoms. The van der Waals surface area contributed by atoms with Crippen LogP contribution in [0.15, 0.2) is 69.3 Å². The fraction of sp³-hybridized carbons (Fsp3) is 0.136. The molecule has 35 heavy (non-hydrogen) atoms. The number of aromatic nitrogens is 5. The third-order valence-corrected chi connectivity index (χ3v) is 5.75. The van der Waals surface area contributed by atoms with Crippen LogP contribution in [0.4, 0.5) is 11.4 Å². The molecule has 0 saturated carbocycles. The lowest BCUT2D eigenvalue weighted by atomic mass is 10.2. The van der Waals surface area contributed by atoms with Crippen molar-refractivity contribution in [1.29, 1.82) is 0 Å². The third-order valence-electron chi connectivity index (χ3n) is 4.82. The van der Waals surface area contributed by atoms with Crippen molar-refractivity contribution in [1.82, 2.24) is 24.7 Å².